The zero-order valence-corrected chi connectivity index (χ0v) is 18.9. The fraction of sp³-hybridized carbons (Fsp3) is 0.111. The molecule has 35 heavy (non-hydrogen) atoms. The van der Waals surface area contributed by atoms with Crippen molar-refractivity contribution >= 4 is 27.8 Å². The minimum Gasteiger partial charge on any atom is -0.477 e. The number of nitrogens with zero attached hydrogens (tertiary/aromatic N) is 6. The maximum absolute atomic E-state index is 9.20. The van der Waals surface area contributed by atoms with E-state index in [2.05, 4.69) is 18.7 Å². The Hall–Kier alpha value is -5.08. The molecule has 0 aliphatic heterocycles. The molecule has 0 radical (unpaired) electrons. The summed E-state index contributed by atoms with van der Waals surface area (Å²) < 4.78 is 15.0. The Balaban J connectivity index is 1.38. The number of aromatic nitrogens is 4. The average Bonchev–Trinajstić information content (AvgIpc) is 3.67. The Morgan fingerprint density at radius 1 is 0.857 bits per heavy atom. The van der Waals surface area contributed by atoms with Gasteiger partial charge in [-0.3, -0.25) is 0 Å². The molecular formula is C27H18N6O2. The van der Waals surface area contributed by atoms with Gasteiger partial charge in [-0.15, -0.1) is 0 Å². The van der Waals surface area contributed by atoms with E-state index in [0.717, 1.165) is 33.5 Å². The van der Waals surface area contributed by atoms with Crippen molar-refractivity contribution in [2.45, 2.75) is 19.3 Å². The van der Waals surface area contributed by atoms with Gasteiger partial charge in [0.1, 0.15) is 23.0 Å². The summed E-state index contributed by atoms with van der Waals surface area (Å²) in [5, 5.41) is 20.6. The van der Waals surface area contributed by atoms with Crippen LogP contribution in [0.25, 0.3) is 38.2 Å². The molecule has 0 spiro atoms. The molecule has 8 nitrogen and oxygen atoms in total. The monoisotopic (exact) mass is 458 g/mol. The van der Waals surface area contributed by atoms with Crippen LogP contribution in [0, 0.1) is 17.9 Å². The molecule has 0 saturated heterocycles. The first kappa shape index (κ1) is 20.5. The van der Waals surface area contributed by atoms with Crippen LogP contribution in [-0.4, -0.2) is 19.6 Å². The van der Waals surface area contributed by atoms with Gasteiger partial charge in [-0.05, 0) is 44.2 Å². The van der Waals surface area contributed by atoms with Crippen molar-refractivity contribution < 1.29 is 8.83 Å². The Labute approximate surface area is 200 Å². The van der Waals surface area contributed by atoms with E-state index >= 15 is 0 Å². The van der Waals surface area contributed by atoms with E-state index in [4.69, 9.17) is 25.6 Å². The van der Waals surface area contributed by atoms with Crippen molar-refractivity contribution in [3.05, 3.63) is 102 Å². The summed E-state index contributed by atoms with van der Waals surface area (Å²) >= 11 is 0. The number of para-hydroxylation sites is 2. The first-order chi connectivity index (χ1) is 17.0. The molecule has 0 bridgehead atoms. The highest BCUT2D eigenvalue weighted by molar-refractivity contribution is 5.88. The van der Waals surface area contributed by atoms with Gasteiger partial charge in [-0.1, -0.05) is 24.3 Å². The summed E-state index contributed by atoms with van der Waals surface area (Å²) in [4.78, 5) is 3.40. The lowest BCUT2D eigenvalue weighted by Crippen LogP contribution is -2.21. The molecule has 0 aliphatic rings. The van der Waals surface area contributed by atoms with Crippen molar-refractivity contribution in [1.82, 2.24) is 19.6 Å². The van der Waals surface area contributed by atoms with Crippen LogP contribution in [0.3, 0.4) is 0 Å². The van der Waals surface area contributed by atoms with E-state index < -0.39 is 5.41 Å². The molecule has 0 aliphatic carbocycles. The van der Waals surface area contributed by atoms with Crippen molar-refractivity contribution in [1.29, 1.82) is 5.26 Å². The normalized spacial score (nSPS) is 11.7. The summed E-state index contributed by atoms with van der Waals surface area (Å²) in [6.45, 7) is 11.4. The van der Waals surface area contributed by atoms with E-state index in [1.54, 1.807) is 21.5 Å². The van der Waals surface area contributed by atoms with Crippen LogP contribution in [0.15, 0.2) is 81.9 Å². The predicted molar refractivity (Wildman–Crippen MR) is 130 cm³/mol. The van der Waals surface area contributed by atoms with Gasteiger partial charge in [0.15, 0.2) is 5.58 Å². The van der Waals surface area contributed by atoms with Crippen LogP contribution >= 0.6 is 0 Å². The number of hydrogen-bond acceptors (Lipinski definition) is 5. The van der Waals surface area contributed by atoms with Gasteiger partial charge in [0.05, 0.1) is 23.4 Å². The summed E-state index contributed by atoms with van der Waals surface area (Å²) in [6, 6.07) is 20.9. The lowest BCUT2D eigenvalue weighted by atomic mass is 9.86. The number of hydrogen-bond donors (Lipinski definition) is 0. The highest BCUT2D eigenvalue weighted by Crippen LogP contribution is 2.33. The Morgan fingerprint density at radius 3 is 2.00 bits per heavy atom. The Morgan fingerprint density at radius 2 is 1.43 bits per heavy atom. The van der Waals surface area contributed by atoms with Crippen LogP contribution in [0.2, 0.25) is 0 Å². The lowest BCUT2D eigenvalue weighted by Gasteiger charge is -2.19. The average molecular weight is 458 g/mol. The summed E-state index contributed by atoms with van der Waals surface area (Å²) in [7, 11) is 0. The highest BCUT2D eigenvalue weighted by atomic mass is 16.3. The van der Waals surface area contributed by atoms with Crippen molar-refractivity contribution in [3.63, 3.8) is 0 Å². The molecule has 6 rings (SSSR count). The molecule has 0 N–H and O–H groups in total. The van der Waals surface area contributed by atoms with Crippen LogP contribution in [0.1, 0.15) is 31.0 Å². The minimum absolute atomic E-state index is 0.249. The fourth-order valence-corrected chi connectivity index (χ4v) is 4.27. The van der Waals surface area contributed by atoms with Crippen LogP contribution in [0.5, 0.6) is 0 Å². The summed E-state index contributed by atoms with van der Waals surface area (Å²) in [5.74, 6) is 0.514. The number of fused-ring (bicyclic) bond motifs is 2. The lowest BCUT2D eigenvalue weighted by molar-refractivity contribution is 0.572. The van der Waals surface area contributed by atoms with Gasteiger partial charge in [0.2, 0.25) is 5.76 Å². The first-order valence-electron chi connectivity index (χ1n) is 10.9. The van der Waals surface area contributed by atoms with Gasteiger partial charge >= 0.3 is 5.88 Å². The SMILES string of the molecule is [C-]#[N+]c1cc2cccc(-n3ccc(C(C)(C)c4ccn(-c5cccc6cc(C#N)oc56)n4)n3)c2o1. The van der Waals surface area contributed by atoms with E-state index in [1.807, 2.05) is 67.0 Å². The highest BCUT2D eigenvalue weighted by Gasteiger charge is 2.29. The van der Waals surface area contributed by atoms with Crippen LogP contribution < -0.4 is 0 Å². The number of nitriles is 1. The number of benzene rings is 2. The molecule has 8 heteroatoms. The van der Waals surface area contributed by atoms with Crippen LogP contribution in [0.4, 0.5) is 5.88 Å². The molecule has 0 amide bonds. The molecule has 4 aromatic heterocycles. The third-order valence-corrected chi connectivity index (χ3v) is 6.21. The second kappa shape index (κ2) is 7.47. The van der Waals surface area contributed by atoms with Gasteiger partial charge in [-0.2, -0.15) is 20.3 Å². The molecule has 4 heterocycles. The second-order valence-corrected chi connectivity index (χ2v) is 8.73. The third kappa shape index (κ3) is 3.20. The van der Waals surface area contributed by atoms with E-state index in [-0.39, 0.29) is 11.6 Å². The Kier molecular flexibility index (Phi) is 4.38. The van der Waals surface area contributed by atoms with E-state index in [9.17, 15) is 5.26 Å². The quantitative estimate of drug-likeness (QED) is 0.289. The molecule has 0 saturated carbocycles. The fourth-order valence-electron chi connectivity index (χ4n) is 4.27. The smallest absolute Gasteiger partial charge is 0.346 e. The minimum atomic E-state index is -0.496. The molecular weight excluding hydrogens is 440 g/mol. The molecule has 0 atom stereocenters. The first-order valence-corrected chi connectivity index (χ1v) is 10.9. The molecule has 0 fully saturated rings. The van der Waals surface area contributed by atoms with Gasteiger partial charge < -0.3 is 8.83 Å². The Bertz CT molecular complexity index is 1680. The topological polar surface area (TPSA) is 90.1 Å². The molecule has 6 aromatic rings. The second-order valence-electron chi connectivity index (χ2n) is 8.73. The van der Waals surface area contributed by atoms with Crippen LogP contribution in [-0.2, 0) is 5.41 Å². The zero-order valence-electron chi connectivity index (χ0n) is 18.9. The zero-order chi connectivity index (χ0) is 24.2. The van der Waals surface area contributed by atoms with Crippen molar-refractivity contribution in [3.8, 4) is 17.4 Å². The van der Waals surface area contributed by atoms with Gasteiger partial charge in [0, 0.05) is 29.2 Å². The van der Waals surface area contributed by atoms with Crippen molar-refractivity contribution in [2.24, 2.45) is 0 Å². The van der Waals surface area contributed by atoms with E-state index in [1.165, 1.54) is 0 Å². The maximum Gasteiger partial charge on any atom is 0.346 e. The van der Waals surface area contributed by atoms with Gasteiger partial charge in [-0.25, -0.2) is 9.36 Å². The molecule has 2 aromatic carbocycles. The third-order valence-electron chi connectivity index (χ3n) is 6.21. The molecule has 0 unspecified atom stereocenters. The van der Waals surface area contributed by atoms with Crippen molar-refractivity contribution in [2.75, 3.05) is 0 Å². The van der Waals surface area contributed by atoms with Gasteiger partial charge in [0.25, 0.3) is 0 Å². The maximum atomic E-state index is 9.20. The number of rotatable bonds is 4. The number of furan rings is 2. The largest absolute Gasteiger partial charge is 0.477 e. The molecule has 168 valence electrons. The standard InChI is InChI=1S/C27H18N6O2/c1-27(2,22-10-12-32(30-22)20-8-4-6-17-14-19(16-28)34-25(17)20)23-11-13-33(31-23)21-9-5-7-18-15-24(29-3)35-26(18)21/h4-15H,1-2H3. The van der Waals surface area contributed by atoms with E-state index in [0.29, 0.717) is 11.2 Å². The summed E-state index contributed by atoms with van der Waals surface area (Å²) in [6.07, 6.45) is 3.77. The predicted octanol–water partition coefficient (Wildman–Crippen LogP) is 6.30. The summed E-state index contributed by atoms with van der Waals surface area (Å²) in [5.41, 5.74) is 3.94.